The molecule has 2 unspecified atom stereocenters. The molecule has 1 aromatic heterocycles. The lowest BCUT2D eigenvalue weighted by Gasteiger charge is -2.45. The van der Waals surface area contributed by atoms with E-state index in [2.05, 4.69) is 10.3 Å². The number of hydrogen-bond acceptors (Lipinski definition) is 6. The van der Waals surface area contributed by atoms with Crippen LogP contribution in [0.4, 0.5) is 14.5 Å². The van der Waals surface area contributed by atoms with Gasteiger partial charge >= 0.3 is 0 Å². The highest BCUT2D eigenvalue weighted by Crippen LogP contribution is 2.54. The van der Waals surface area contributed by atoms with E-state index >= 15 is 0 Å². The summed E-state index contributed by atoms with van der Waals surface area (Å²) in [6, 6.07) is 12.0. The van der Waals surface area contributed by atoms with Crippen molar-refractivity contribution in [3.8, 4) is 0 Å². The van der Waals surface area contributed by atoms with Gasteiger partial charge in [0.2, 0.25) is 0 Å². The average molecular weight is 577 g/mol. The first kappa shape index (κ1) is 27.6. The molecule has 0 radical (unpaired) electrons. The van der Waals surface area contributed by atoms with E-state index in [1.807, 2.05) is 0 Å². The first-order valence-electron chi connectivity index (χ1n) is 12.6. The minimum absolute atomic E-state index is 0.00524. The molecule has 0 saturated heterocycles. The topological polar surface area (TPSA) is 117 Å². The third-order valence-corrected chi connectivity index (χ3v) is 10.7. The predicted octanol–water partition coefficient (Wildman–Crippen LogP) is 4.56. The molecule has 5 rings (SSSR count). The molecule has 2 saturated carbocycles. The maximum absolute atomic E-state index is 13.8. The van der Waals surface area contributed by atoms with Gasteiger partial charge in [-0.15, -0.1) is 0 Å². The molecule has 2 aliphatic rings. The number of nitrogens with zero attached hydrogens (tertiary/aromatic N) is 1. The molecule has 39 heavy (non-hydrogen) atoms. The smallest absolute Gasteiger partial charge is 0.255 e. The number of halogens is 3. The third-order valence-electron chi connectivity index (χ3n) is 8.05. The lowest BCUT2D eigenvalue weighted by molar-refractivity contribution is -0.141. The number of amides is 1. The Morgan fingerprint density at radius 1 is 1.08 bits per heavy atom. The lowest BCUT2D eigenvalue weighted by Crippen LogP contribution is -2.56. The summed E-state index contributed by atoms with van der Waals surface area (Å²) in [4.78, 5) is 16.8. The Morgan fingerprint density at radius 2 is 1.79 bits per heavy atom. The van der Waals surface area contributed by atoms with Gasteiger partial charge in [-0.2, -0.15) is 0 Å². The Morgan fingerprint density at radius 3 is 2.44 bits per heavy atom. The highest BCUT2D eigenvalue weighted by Gasteiger charge is 2.58. The molecule has 2 bridgehead atoms. The minimum atomic E-state index is -4.02. The van der Waals surface area contributed by atoms with E-state index in [9.17, 15) is 32.2 Å². The summed E-state index contributed by atoms with van der Waals surface area (Å²) in [5, 5.41) is 24.1. The van der Waals surface area contributed by atoms with E-state index in [1.165, 1.54) is 24.3 Å². The van der Waals surface area contributed by atoms with Gasteiger partial charge in [-0.1, -0.05) is 17.7 Å². The molecule has 206 valence electrons. The largest absolute Gasteiger partial charge is 0.390 e. The molecule has 2 aliphatic carbocycles. The van der Waals surface area contributed by atoms with Gasteiger partial charge in [0, 0.05) is 35.6 Å². The van der Waals surface area contributed by atoms with Gasteiger partial charge in [-0.25, -0.2) is 17.2 Å². The molecule has 0 spiro atoms. The van der Waals surface area contributed by atoms with Crippen LogP contribution in [0.15, 0.2) is 65.7 Å². The van der Waals surface area contributed by atoms with Crippen molar-refractivity contribution in [2.24, 2.45) is 11.8 Å². The molecule has 3 aromatic rings. The van der Waals surface area contributed by atoms with Crippen molar-refractivity contribution in [3.63, 3.8) is 0 Å². The second kappa shape index (κ2) is 10.6. The van der Waals surface area contributed by atoms with Gasteiger partial charge < -0.3 is 15.5 Å². The number of nitrogens with one attached hydrogen (secondary N) is 1. The number of pyridine rings is 1. The van der Waals surface area contributed by atoms with Crippen molar-refractivity contribution in [2.75, 3.05) is 5.32 Å². The van der Waals surface area contributed by atoms with Crippen molar-refractivity contribution in [2.45, 2.75) is 54.0 Å². The average Bonchev–Trinajstić information content (AvgIpc) is 3.07. The summed E-state index contributed by atoms with van der Waals surface area (Å²) in [6.07, 6.45) is 2.10. The summed E-state index contributed by atoms with van der Waals surface area (Å²) in [5.41, 5.74) is -0.813. The zero-order valence-electron chi connectivity index (χ0n) is 20.7. The van der Waals surface area contributed by atoms with E-state index in [0.29, 0.717) is 18.5 Å². The van der Waals surface area contributed by atoms with E-state index in [0.717, 1.165) is 12.1 Å². The van der Waals surface area contributed by atoms with Crippen LogP contribution >= 0.6 is 11.6 Å². The fourth-order valence-electron chi connectivity index (χ4n) is 6.04. The number of aliphatic hydroxyl groups excluding tert-OH is 1. The quantitative estimate of drug-likeness (QED) is 0.380. The van der Waals surface area contributed by atoms with Crippen molar-refractivity contribution < 1.29 is 32.2 Å². The molecule has 2 fully saturated rings. The number of carbonyl (C=O) groups excluding carboxylic acids is 1. The second-order valence-electron chi connectivity index (χ2n) is 10.3. The number of aromatic nitrogens is 1. The summed E-state index contributed by atoms with van der Waals surface area (Å²) in [7, 11) is -4.02. The van der Waals surface area contributed by atoms with Crippen LogP contribution in [0.1, 0.15) is 41.7 Å². The van der Waals surface area contributed by atoms with Crippen LogP contribution < -0.4 is 5.32 Å². The van der Waals surface area contributed by atoms with E-state index in [4.69, 9.17) is 11.6 Å². The van der Waals surface area contributed by atoms with Gasteiger partial charge in [0.15, 0.2) is 21.5 Å². The number of fused-ring (bicyclic) bond motifs is 2. The monoisotopic (exact) mass is 576 g/mol. The standard InChI is InChI=1S/C28H27ClF2N2O5S/c29-22-8-4-16(27(35)33-20-7-9-23(30)24(31)14-20)11-25(22)39(37,38)21-12-17-5-6-18(13-21)28(17,36)26(34)15-19-3-1-2-10-32-19/h1-4,7-11,14,17-18,21,26,34,36H,5-6,12-13,15H2,(H,33,35)/t17-,18?,21-,26?,28-/m0/s1. The van der Waals surface area contributed by atoms with Gasteiger partial charge in [0.1, 0.15) is 0 Å². The number of carbonyl (C=O) groups is 1. The number of anilines is 1. The van der Waals surface area contributed by atoms with Crippen LogP contribution in [0.3, 0.4) is 0 Å². The Balaban J connectivity index is 1.35. The number of hydrogen-bond donors (Lipinski definition) is 3. The van der Waals surface area contributed by atoms with Crippen molar-refractivity contribution >= 4 is 33.0 Å². The second-order valence-corrected chi connectivity index (χ2v) is 12.9. The fraction of sp³-hybridized carbons (Fsp3) is 0.357. The number of rotatable bonds is 7. The van der Waals surface area contributed by atoms with E-state index in [-0.39, 0.29) is 40.4 Å². The molecule has 1 amide bonds. The fourth-order valence-corrected chi connectivity index (χ4v) is 8.44. The lowest BCUT2D eigenvalue weighted by atomic mass is 9.70. The van der Waals surface area contributed by atoms with E-state index < -0.39 is 56.2 Å². The van der Waals surface area contributed by atoms with Crippen LogP contribution in [-0.4, -0.2) is 46.5 Å². The zero-order chi connectivity index (χ0) is 27.9. The van der Waals surface area contributed by atoms with Crippen molar-refractivity contribution in [3.05, 3.63) is 88.7 Å². The van der Waals surface area contributed by atoms with Crippen LogP contribution in [0, 0.1) is 23.5 Å². The van der Waals surface area contributed by atoms with Crippen LogP contribution in [0.25, 0.3) is 0 Å². The Bertz CT molecular complexity index is 1490. The van der Waals surface area contributed by atoms with Crippen molar-refractivity contribution in [1.29, 1.82) is 0 Å². The van der Waals surface area contributed by atoms with Gasteiger partial charge in [-0.3, -0.25) is 9.78 Å². The molecule has 5 atom stereocenters. The molecule has 7 nitrogen and oxygen atoms in total. The number of benzene rings is 2. The minimum Gasteiger partial charge on any atom is -0.390 e. The summed E-state index contributed by atoms with van der Waals surface area (Å²) < 4.78 is 54.3. The highest BCUT2D eigenvalue weighted by molar-refractivity contribution is 7.92. The van der Waals surface area contributed by atoms with Crippen molar-refractivity contribution in [1.82, 2.24) is 4.98 Å². The first-order chi connectivity index (χ1) is 18.5. The predicted molar refractivity (Wildman–Crippen MR) is 141 cm³/mol. The van der Waals surface area contributed by atoms with Gasteiger partial charge in [0.05, 0.1) is 26.9 Å². The zero-order valence-corrected chi connectivity index (χ0v) is 22.3. The summed E-state index contributed by atoms with van der Waals surface area (Å²) >= 11 is 6.29. The van der Waals surface area contributed by atoms with E-state index in [1.54, 1.807) is 24.4 Å². The molecule has 3 N–H and O–H groups in total. The van der Waals surface area contributed by atoms with Crippen LogP contribution in [-0.2, 0) is 16.3 Å². The summed E-state index contributed by atoms with van der Waals surface area (Å²) in [6.45, 7) is 0. The van der Waals surface area contributed by atoms with Crippen LogP contribution in [0.2, 0.25) is 5.02 Å². The first-order valence-corrected chi connectivity index (χ1v) is 14.5. The molecule has 1 heterocycles. The molecular formula is C28H27ClF2N2O5S. The molecule has 2 aromatic carbocycles. The Kier molecular flexibility index (Phi) is 7.49. The summed E-state index contributed by atoms with van der Waals surface area (Å²) in [5.74, 6) is -3.79. The Hall–Kier alpha value is -2.92. The van der Waals surface area contributed by atoms with Gasteiger partial charge in [0.25, 0.3) is 5.91 Å². The van der Waals surface area contributed by atoms with Gasteiger partial charge in [-0.05, 0) is 80.0 Å². The molecule has 0 aliphatic heterocycles. The Labute approximate surface area is 229 Å². The SMILES string of the molecule is O=C(Nc1ccc(F)c(F)c1)c1ccc(Cl)c(S(=O)(=O)[C@@H]2CC3CC[C@@H](C2)[C@@]3(O)C(O)Cc2ccccn2)c1. The maximum atomic E-state index is 13.8. The number of aliphatic hydroxyl groups is 2. The highest BCUT2D eigenvalue weighted by atomic mass is 35.5. The molecule has 11 heteroatoms. The number of sulfone groups is 1. The third kappa shape index (κ3) is 5.18. The van der Waals surface area contributed by atoms with Crippen LogP contribution in [0.5, 0.6) is 0 Å². The normalized spacial score (nSPS) is 25.3. The molecular weight excluding hydrogens is 550 g/mol. The maximum Gasteiger partial charge on any atom is 0.255 e.